The molecule has 1 aliphatic heterocycles. The molecular formula is C24H24FIN6O. The van der Waals surface area contributed by atoms with Crippen molar-refractivity contribution < 1.29 is 9.13 Å². The number of nitrogens with two attached hydrogens (primary N) is 1. The second kappa shape index (κ2) is 8.86. The molecule has 0 radical (unpaired) electrons. The minimum absolute atomic E-state index is 0.206. The van der Waals surface area contributed by atoms with Crippen molar-refractivity contribution >= 4 is 33.9 Å². The molecule has 33 heavy (non-hydrogen) atoms. The van der Waals surface area contributed by atoms with Crippen molar-refractivity contribution in [3.8, 4) is 17.1 Å². The third-order valence-electron chi connectivity index (χ3n) is 5.90. The molecule has 1 aromatic carbocycles. The van der Waals surface area contributed by atoms with E-state index in [2.05, 4.69) is 67.7 Å². The van der Waals surface area contributed by atoms with E-state index < -0.39 is 11.9 Å². The van der Waals surface area contributed by atoms with E-state index in [4.69, 9.17) is 10.5 Å². The van der Waals surface area contributed by atoms with Crippen LogP contribution in [-0.2, 0) is 0 Å². The Hall–Kier alpha value is -2.79. The number of anilines is 1. The molecule has 0 amide bonds. The van der Waals surface area contributed by atoms with Gasteiger partial charge in [-0.1, -0.05) is 28.7 Å². The molecule has 4 heterocycles. The number of hydrogen-bond acceptors (Lipinski definition) is 6. The summed E-state index contributed by atoms with van der Waals surface area (Å²) in [7, 11) is 0. The Morgan fingerprint density at radius 2 is 2.03 bits per heavy atom. The molecule has 3 atom stereocenters. The first-order valence-electron chi connectivity index (χ1n) is 10.8. The molecule has 0 aliphatic carbocycles. The molecule has 0 bridgehead atoms. The van der Waals surface area contributed by atoms with Crippen molar-refractivity contribution in [1.29, 1.82) is 0 Å². The molecule has 2 unspecified atom stereocenters. The van der Waals surface area contributed by atoms with Crippen LogP contribution >= 0.6 is 22.6 Å². The van der Waals surface area contributed by atoms with E-state index >= 15 is 0 Å². The van der Waals surface area contributed by atoms with Gasteiger partial charge in [0.1, 0.15) is 11.9 Å². The van der Waals surface area contributed by atoms with Crippen molar-refractivity contribution in [2.75, 3.05) is 11.4 Å². The molecule has 0 spiro atoms. The highest BCUT2D eigenvalue weighted by Crippen LogP contribution is 2.34. The van der Waals surface area contributed by atoms with E-state index in [1.165, 1.54) is 23.5 Å². The van der Waals surface area contributed by atoms with Gasteiger partial charge in [0.25, 0.3) is 0 Å². The maximum Gasteiger partial charge on any atom is 0.232 e. The van der Waals surface area contributed by atoms with Crippen LogP contribution in [0.4, 0.5) is 10.1 Å². The maximum absolute atomic E-state index is 13.5. The van der Waals surface area contributed by atoms with E-state index in [9.17, 15) is 4.39 Å². The Labute approximate surface area is 204 Å². The van der Waals surface area contributed by atoms with Gasteiger partial charge in [0, 0.05) is 41.7 Å². The lowest BCUT2D eigenvalue weighted by atomic mass is 10.1. The van der Waals surface area contributed by atoms with Crippen LogP contribution in [0.3, 0.4) is 0 Å². The molecule has 4 aromatic rings. The summed E-state index contributed by atoms with van der Waals surface area (Å²) in [5.74, 6) is 0.0255. The van der Waals surface area contributed by atoms with Crippen molar-refractivity contribution in [3.05, 3.63) is 71.9 Å². The zero-order valence-corrected chi connectivity index (χ0v) is 20.5. The molecule has 3 aromatic heterocycles. The predicted octanol–water partition coefficient (Wildman–Crippen LogP) is 4.68. The average Bonchev–Trinajstić information content (AvgIpc) is 3.35. The van der Waals surface area contributed by atoms with Gasteiger partial charge in [0.05, 0.1) is 22.1 Å². The Kier molecular flexibility index (Phi) is 5.92. The van der Waals surface area contributed by atoms with Crippen LogP contribution in [0.1, 0.15) is 30.6 Å². The number of rotatable bonds is 5. The van der Waals surface area contributed by atoms with E-state index in [1.807, 2.05) is 19.2 Å². The van der Waals surface area contributed by atoms with Crippen molar-refractivity contribution in [2.45, 2.75) is 36.5 Å². The molecule has 5 rings (SSSR count). The average molecular weight is 558 g/mol. The van der Waals surface area contributed by atoms with Crippen molar-refractivity contribution in [2.24, 2.45) is 5.73 Å². The van der Waals surface area contributed by atoms with Crippen molar-refractivity contribution in [3.63, 3.8) is 0 Å². The molecule has 1 aliphatic rings. The fourth-order valence-electron chi connectivity index (χ4n) is 4.22. The fourth-order valence-corrected chi connectivity index (χ4v) is 5.40. The second-order valence-corrected chi connectivity index (χ2v) is 9.80. The van der Waals surface area contributed by atoms with Gasteiger partial charge in [-0.3, -0.25) is 4.98 Å². The number of alkyl halides is 1. The lowest BCUT2D eigenvalue weighted by molar-refractivity contribution is 0.213. The Morgan fingerprint density at radius 1 is 1.18 bits per heavy atom. The first-order chi connectivity index (χ1) is 15.9. The molecule has 1 saturated heterocycles. The molecular weight excluding hydrogens is 534 g/mol. The van der Waals surface area contributed by atoms with Crippen LogP contribution in [0, 0.1) is 12.7 Å². The highest BCUT2D eigenvalue weighted by molar-refractivity contribution is 14.1. The quantitative estimate of drug-likeness (QED) is 0.218. The number of aryl methyl sites for hydroxylation is 1. The molecule has 0 saturated carbocycles. The van der Waals surface area contributed by atoms with Gasteiger partial charge in [-0.05, 0) is 50.1 Å². The summed E-state index contributed by atoms with van der Waals surface area (Å²) >= 11 is 2.46. The summed E-state index contributed by atoms with van der Waals surface area (Å²) in [6, 6.07) is 11.6. The van der Waals surface area contributed by atoms with E-state index in [1.54, 1.807) is 16.8 Å². The van der Waals surface area contributed by atoms with Gasteiger partial charge >= 0.3 is 0 Å². The Bertz CT molecular complexity index is 1310. The smallest absolute Gasteiger partial charge is 0.232 e. The maximum atomic E-state index is 13.5. The Balaban J connectivity index is 1.44. The molecule has 1 fully saturated rings. The highest BCUT2D eigenvalue weighted by atomic mass is 127. The number of imidazole rings is 1. The Morgan fingerprint density at radius 3 is 2.76 bits per heavy atom. The second-order valence-electron chi connectivity index (χ2n) is 8.37. The predicted molar refractivity (Wildman–Crippen MR) is 134 cm³/mol. The minimum atomic E-state index is -0.403. The van der Waals surface area contributed by atoms with Gasteiger partial charge in [-0.25, -0.2) is 13.9 Å². The molecule has 9 heteroatoms. The standard InChI is InChI=1S/C24H24FIN6O/c1-14-7-16(3-4-20(14)31-13-19(27)9-22(31)26)21-12-29-23-5-6-24(30-32(21)23)33-15(2)17-8-18(25)11-28-10-17/h3-8,10-12,15,19,22H,9,13,27H2,1-2H3/t15?,19-,22?/m0/s1. The lowest BCUT2D eigenvalue weighted by Gasteiger charge is -2.24. The number of ether oxygens (including phenoxy) is 1. The van der Waals surface area contributed by atoms with Crippen LogP contribution < -0.4 is 15.4 Å². The number of nitrogens with zero attached hydrogens (tertiary/aromatic N) is 5. The van der Waals surface area contributed by atoms with Gasteiger partial charge in [0.15, 0.2) is 5.65 Å². The van der Waals surface area contributed by atoms with Gasteiger partial charge < -0.3 is 15.4 Å². The fraction of sp³-hybridized carbons (Fsp3) is 0.292. The molecule has 170 valence electrons. The lowest BCUT2D eigenvalue weighted by Crippen LogP contribution is -2.28. The van der Waals surface area contributed by atoms with E-state index in [0.29, 0.717) is 15.5 Å². The van der Waals surface area contributed by atoms with Gasteiger partial charge in [-0.2, -0.15) is 0 Å². The van der Waals surface area contributed by atoms with E-state index in [-0.39, 0.29) is 6.04 Å². The summed E-state index contributed by atoms with van der Waals surface area (Å²) in [4.78, 5) is 10.8. The SMILES string of the molecule is Cc1cc(-c2cnc3ccc(OC(C)c4cncc(F)c4)nn23)ccc1N1C[C@@H](N)CC1I. The number of hydrogen-bond donors (Lipinski definition) is 1. The number of benzene rings is 1. The summed E-state index contributed by atoms with van der Waals surface area (Å²) in [5, 5.41) is 4.64. The van der Waals surface area contributed by atoms with Crippen LogP contribution in [0.15, 0.2) is 55.0 Å². The summed E-state index contributed by atoms with van der Waals surface area (Å²) in [6.07, 6.45) is 5.16. The zero-order chi connectivity index (χ0) is 23.1. The van der Waals surface area contributed by atoms with E-state index in [0.717, 1.165) is 29.9 Å². The van der Waals surface area contributed by atoms with Crippen molar-refractivity contribution in [1.82, 2.24) is 19.6 Å². The number of aromatic nitrogens is 4. The summed E-state index contributed by atoms with van der Waals surface area (Å²) in [5.41, 5.74) is 11.8. The van der Waals surface area contributed by atoms with Gasteiger partial charge in [0.2, 0.25) is 5.88 Å². The van der Waals surface area contributed by atoms with Crippen LogP contribution in [0.25, 0.3) is 16.9 Å². The third-order valence-corrected chi connectivity index (χ3v) is 7.08. The number of halogens is 2. The zero-order valence-electron chi connectivity index (χ0n) is 18.3. The van der Waals surface area contributed by atoms with Crippen LogP contribution in [-0.4, -0.2) is 36.2 Å². The first kappa shape index (κ1) is 22.0. The number of fused-ring (bicyclic) bond motifs is 1. The first-order valence-corrected chi connectivity index (χ1v) is 12.0. The normalized spacial score (nSPS) is 19.2. The van der Waals surface area contributed by atoms with Gasteiger partial charge in [-0.15, -0.1) is 5.10 Å². The third kappa shape index (κ3) is 4.39. The molecule has 7 nitrogen and oxygen atoms in total. The largest absolute Gasteiger partial charge is 0.469 e. The highest BCUT2D eigenvalue weighted by Gasteiger charge is 2.29. The number of pyridine rings is 1. The topological polar surface area (TPSA) is 81.6 Å². The van der Waals surface area contributed by atoms with Crippen LogP contribution in [0.5, 0.6) is 5.88 Å². The summed E-state index contributed by atoms with van der Waals surface area (Å²) in [6.45, 7) is 4.82. The molecule has 2 N–H and O–H groups in total. The minimum Gasteiger partial charge on any atom is -0.469 e. The summed E-state index contributed by atoms with van der Waals surface area (Å²) < 4.78 is 21.7. The van der Waals surface area contributed by atoms with Crippen LogP contribution in [0.2, 0.25) is 0 Å². The monoisotopic (exact) mass is 558 g/mol.